The lowest BCUT2D eigenvalue weighted by Gasteiger charge is -2.23. The van der Waals surface area contributed by atoms with Crippen molar-refractivity contribution >= 4 is 32.7 Å². The van der Waals surface area contributed by atoms with Gasteiger partial charge in [-0.25, -0.2) is 15.0 Å². The normalized spacial score (nSPS) is 11.1. The van der Waals surface area contributed by atoms with E-state index in [1.165, 1.54) is 60.5 Å². The van der Waals surface area contributed by atoms with E-state index >= 15 is 0 Å². The summed E-state index contributed by atoms with van der Waals surface area (Å²) in [6.45, 7) is 0. The molecular formula is C55H37N3. The molecule has 10 rings (SSSR count). The predicted octanol–water partition coefficient (Wildman–Crippen LogP) is 13.9. The largest absolute Gasteiger partial charge is 0.208 e. The van der Waals surface area contributed by atoms with Crippen molar-refractivity contribution in [3.8, 4) is 45.3 Å². The average Bonchev–Trinajstić information content (AvgIpc) is 3.31. The molecule has 0 saturated carbocycles. The second-order valence-corrected chi connectivity index (χ2v) is 14.3. The molecule has 0 spiro atoms. The Balaban J connectivity index is 1.20. The molecule has 272 valence electrons. The lowest BCUT2D eigenvalue weighted by atomic mass is 9.80. The Hall–Kier alpha value is -7.75. The van der Waals surface area contributed by atoms with Crippen molar-refractivity contribution in [3.63, 3.8) is 0 Å². The molecule has 0 aliphatic heterocycles. The van der Waals surface area contributed by atoms with Gasteiger partial charge in [-0.1, -0.05) is 224 Å². The highest BCUT2D eigenvalue weighted by atomic mass is 15.0. The summed E-state index contributed by atoms with van der Waals surface area (Å²) in [7, 11) is 0. The van der Waals surface area contributed by atoms with E-state index in [0.29, 0.717) is 17.5 Å². The number of hydrogen-bond donors (Lipinski definition) is 0. The molecule has 0 N–H and O–H groups in total. The Morgan fingerprint density at radius 2 is 0.534 bits per heavy atom. The van der Waals surface area contributed by atoms with Gasteiger partial charge in [-0.2, -0.15) is 0 Å². The van der Waals surface area contributed by atoms with Crippen LogP contribution >= 0.6 is 0 Å². The zero-order valence-corrected chi connectivity index (χ0v) is 31.7. The molecule has 3 nitrogen and oxygen atoms in total. The number of aromatic nitrogens is 3. The van der Waals surface area contributed by atoms with Crippen molar-refractivity contribution in [2.75, 3.05) is 0 Å². The van der Waals surface area contributed by atoms with Crippen LogP contribution in [0, 0.1) is 0 Å². The van der Waals surface area contributed by atoms with Crippen LogP contribution < -0.4 is 0 Å². The van der Waals surface area contributed by atoms with Crippen LogP contribution in [-0.2, 0) is 0 Å². The van der Waals surface area contributed by atoms with Gasteiger partial charge in [0.05, 0.1) is 0 Å². The molecule has 1 aromatic heterocycles. The maximum Gasteiger partial charge on any atom is 0.164 e. The Morgan fingerprint density at radius 1 is 0.241 bits per heavy atom. The van der Waals surface area contributed by atoms with E-state index in [2.05, 4.69) is 164 Å². The van der Waals surface area contributed by atoms with Gasteiger partial charge in [-0.3, -0.25) is 0 Å². The molecule has 0 unspecified atom stereocenters. The summed E-state index contributed by atoms with van der Waals surface area (Å²) in [6, 6.07) is 79.1. The van der Waals surface area contributed by atoms with Gasteiger partial charge in [-0.15, -0.1) is 0 Å². The van der Waals surface area contributed by atoms with Crippen LogP contribution in [0.25, 0.3) is 78.0 Å². The van der Waals surface area contributed by atoms with E-state index in [1.807, 2.05) is 60.7 Å². The summed E-state index contributed by atoms with van der Waals surface area (Å²) < 4.78 is 0. The summed E-state index contributed by atoms with van der Waals surface area (Å²) in [5.74, 6) is 1.93. The van der Waals surface area contributed by atoms with Crippen LogP contribution in [0.4, 0.5) is 0 Å². The molecule has 3 heteroatoms. The first-order valence-corrected chi connectivity index (χ1v) is 19.6. The van der Waals surface area contributed by atoms with E-state index in [0.717, 1.165) is 22.3 Å². The first-order valence-electron chi connectivity index (χ1n) is 19.6. The maximum atomic E-state index is 5.00. The molecule has 0 fully saturated rings. The minimum atomic E-state index is 0.635. The number of fused-ring (bicyclic) bond motifs is 2. The molecule has 1 heterocycles. The quantitative estimate of drug-likeness (QED) is 0.115. The number of hydrogen-bond acceptors (Lipinski definition) is 3. The smallest absolute Gasteiger partial charge is 0.164 e. The zero-order chi connectivity index (χ0) is 38.7. The Morgan fingerprint density at radius 3 is 0.931 bits per heavy atom. The topological polar surface area (TPSA) is 38.7 Å². The van der Waals surface area contributed by atoms with Gasteiger partial charge in [0.15, 0.2) is 17.5 Å². The van der Waals surface area contributed by atoms with Gasteiger partial charge in [0.25, 0.3) is 0 Å². The van der Waals surface area contributed by atoms with Crippen LogP contribution in [0.1, 0.15) is 22.3 Å². The number of rotatable bonds is 8. The average molecular weight is 740 g/mol. The summed E-state index contributed by atoms with van der Waals surface area (Å²) in [6.07, 6.45) is 0. The monoisotopic (exact) mass is 739 g/mol. The van der Waals surface area contributed by atoms with Crippen LogP contribution in [0.15, 0.2) is 224 Å². The fourth-order valence-corrected chi connectivity index (χ4v) is 8.12. The zero-order valence-electron chi connectivity index (χ0n) is 31.7. The van der Waals surface area contributed by atoms with Gasteiger partial charge in [0.1, 0.15) is 0 Å². The number of benzene rings is 9. The van der Waals surface area contributed by atoms with E-state index in [9.17, 15) is 0 Å². The lowest BCUT2D eigenvalue weighted by Crippen LogP contribution is -2.01. The van der Waals surface area contributed by atoms with Crippen molar-refractivity contribution in [2.24, 2.45) is 0 Å². The molecule has 0 amide bonds. The third-order valence-electron chi connectivity index (χ3n) is 10.8. The molecule has 0 aliphatic carbocycles. The Labute approximate surface area is 338 Å². The summed E-state index contributed by atoms with van der Waals surface area (Å²) in [5.41, 5.74) is 12.3. The highest BCUT2D eigenvalue weighted by Crippen LogP contribution is 2.47. The first kappa shape index (κ1) is 34.7. The Kier molecular flexibility index (Phi) is 9.23. The standard InChI is InChI=1S/C55H37N3/c1-6-20-38(21-7-1)49(39-22-8-2-9-23-39)51(40-24-10-3-11-25-40)52-47-32-18-16-30-45(47)50(46-31-17-19-33-48(46)52)41-34-36-44(37-35-41)55-57-53(42-26-12-4-13-27-42)56-54(58-55)43-28-14-5-15-29-43/h1-37H. The fraction of sp³-hybridized carbons (Fsp3) is 0. The lowest BCUT2D eigenvalue weighted by molar-refractivity contribution is 1.07. The Bertz CT molecular complexity index is 2900. The molecule has 0 radical (unpaired) electrons. The van der Waals surface area contributed by atoms with Gasteiger partial charge in [0.2, 0.25) is 0 Å². The first-order chi connectivity index (χ1) is 28.8. The molecule has 58 heavy (non-hydrogen) atoms. The maximum absolute atomic E-state index is 5.00. The van der Waals surface area contributed by atoms with Gasteiger partial charge >= 0.3 is 0 Å². The van der Waals surface area contributed by atoms with Crippen molar-refractivity contribution in [1.82, 2.24) is 15.0 Å². The van der Waals surface area contributed by atoms with Crippen LogP contribution in [0.5, 0.6) is 0 Å². The summed E-state index contributed by atoms with van der Waals surface area (Å²) in [4.78, 5) is 14.9. The van der Waals surface area contributed by atoms with Crippen LogP contribution in [0.2, 0.25) is 0 Å². The third kappa shape index (κ3) is 6.55. The van der Waals surface area contributed by atoms with Gasteiger partial charge in [0, 0.05) is 16.7 Å². The molecule has 0 saturated heterocycles. The third-order valence-corrected chi connectivity index (χ3v) is 10.8. The molecule has 0 bridgehead atoms. The molecule has 0 aliphatic rings. The van der Waals surface area contributed by atoms with Crippen molar-refractivity contribution < 1.29 is 0 Å². The summed E-state index contributed by atoms with van der Waals surface area (Å²) in [5, 5.41) is 4.77. The fourth-order valence-electron chi connectivity index (χ4n) is 8.12. The van der Waals surface area contributed by atoms with E-state index in [1.54, 1.807) is 0 Å². The molecular weight excluding hydrogens is 703 g/mol. The van der Waals surface area contributed by atoms with Crippen molar-refractivity contribution in [2.45, 2.75) is 0 Å². The van der Waals surface area contributed by atoms with E-state index in [-0.39, 0.29) is 0 Å². The second-order valence-electron chi connectivity index (χ2n) is 14.3. The molecule has 0 atom stereocenters. The van der Waals surface area contributed by atoms with Crippen molar-refractivity contribution in [1.29, 1.82) is 0 Å². The van der Waals surface area contributed by atoms with Crippen molar-refractivity contribution in [3.05, 3.63) is 247 Å². The van der Waals surface area contributed by atoms with Crippen LogP contribution in [0.3, 0.4) is 0 Å². The predicted molar refractivity (Wildman–Crippen MR) is 241 cm³/mol. The van der Waals surface area contributed by atoms with E-state index < -0.39 is 0 Å². The number of nitrogens with zero attached hydrogens (tertiary/aromatic N) is 3. The minimum absolute atomic E-state index is 0.635. The second kappa shape index (κ2) is 15.4. The highest BCUT2D eigenvalue weighted by molar-refractivity contribution is 6.23. The minimum Gasteiger partial charge on any atom is -0.208 e. The molecule has 10 aromatic rings. The van der Waals surface area contributed by atoms with Gasteiger partial charge in [-0.05, 0) is 66.1 Å². The van der Waals surface area contributed by atoms with E-state index in [4.69, 9.17) is 15.0 Å². The SMILES string of the molecule is c1ccc(C(=C(c2ccccc2)c2c3ccccc3c(-c3ccc(-c4nc(-c5ccccc5)nc(-c5ccccc5)n4)cc3)c3ccccc23)c2ccccc2)cc1. The van der Waals surface area contributed by atoms with Gasteiger partial charge < -0.3 is 0 Å². The van der Waals surface area contributed by atoms with Crippen LogP contribution in [-0.4, -0.2) is 15.0 Å². The highest BCUT2D eigenvalue weighted by Gasteiger charge is 2.23. The molecule has 9 aromatic carbocycles. The summed E-state index contributed by atoms with van der Waals surface area (Å²) >= 11 is 0.